The highest BCUT2D eigenvalue weighted by Gasteiger charge is 2.12. The minimum Gasteiger partial charge on any atom is -0.216 e. The van der Waals surface area contributed by atoms with Crippen molar-refractivity contribution in [2.24, 2.45) is 0 Å². The number of thioether (sulfide) groups is 1. The van der Waals surface area contributed by atoms with E-state index in [1.54, 1.807) is 18.0 Å². The first kappa shape index (κ1) is 12.4. The SMILES string of the molecule is CSc1nc2nnc(Cc3cnc4nnnnn34)nc2s1. The summed E-state index contributed by atoms with van der Waals surface area (Å²) in [6.07, 6.45) is 4.04. The molecule has 0 aliphatic carbocycles. The van der Waals surface area contributed by atoms with E-state index in [4.69, 9.17) is 0 Å². The number of aromatic nitrogens is 10. The molecule has 104 valence electrons. The lowest BCUT2D eigenvalue weighted by molar-refractivity contribution is 0.647. The Morgan fingerprint density at radius 3 is 3.05 bits per heavy atom. The molecule has 0 unspecified atom stereocenters. The second kappa shape index (κ2) is 4.89. The molecule has 0 aliphatic heterocycles. The molecule has 0 saturated carbocycles. The number of fused-ring (bicyclic) bond motifs is 2. The molecule has 4 rings (SSSR count). The molecule has 4 heterocycles. The van der Waals surface area contributed by atoms with Crippen molar-refractivity contribution in [1.82, 2.24) is 50.4 Å². The van der Waals surface area contributed by atoms with E-state index in [0.29, 0.717) is 23.7 Å². The smallest absolute Gasteiger partial charge is 0.216 e. The highest BCUT2D eigenvalue weighted by Crippen LogP contribution is 2.25. The van der Waals surface area contributed by atoms with Gasteiger partial charge in [-0.15, -0.1) is 10.2 Å². The monoisotopic (exact) mass is 318 g/mol. The van der Waals surface area contributed by atoms with Gasteiger partial charge < -0.3 is 0 Å². The number of rotatable bonds is 3. The normalized spacial score (nSPS) is 11.5. The molecular weight excluding hydrogens is 312 g/mol. The van der Waals surface area contributed by atoms with Crippen molar-refractivity contribution in [3.8, 4) is 0 Å². The second-order valence-electron chi connectivity index (χ2n) is 3.95. The summed E-state index contributed by atoms with van der Waals surface area (Å²) in [5.41, 5.74) is 1.33. The molecule has 4 aromatic rings. The van der Waals surface area contributed by atoms with Gasteiger partial charge in [0.05, 0.1) is 18.3 Å². The average molecular weight is 318 g/mol. The first-order valence-corrected chi connectivity index (χ1v) is 7.80. The van der Waals surface area contributed by atoms with Crippen molar-refractivity contribution in [2.45, 2.75) is 10.8 Å². The van der Waals surface area contributed by atoms with Gasteiger partial charge in [-0.3, -0.25) is 0 Å². The maximum Gasteiger partial charge on any atom is 0.273 e. The van der Waals surface area contributed by atoms with Gasteiger partial charge in [0.25, 0.3) is 5.78 Å². The Morgan fingerprint density at radius 1 is 1.19 bits per heavy atom. The van der Waals surface area contributed by atoms with Crippen LogP contribution in [0.25, 0.3) is 16.3 Å². The summed E-state index contributed by atoms with van der Waals surface area (Å²) in [6.45, 7) is 0. The Balaban J connectivity index is 1.73. The summed E-state index contributed by atoms with van der Waals surface area (Å²) in [4.78, 5) is 13.6. The maximum absolute atomic E-state index is 4.47. The molecular formula is C9H6N10S2. The van der Waals surface area contributed by atoms with E-state index in [9.17, 15) is 0 Å². The first-order valence-electron chi connectivity index (χ1n) is 5.76. The van der Waals surface area contributed by atoms with E-state index < -0.39 is 0 Å². The molecule has 0 N–H and O–H groups in total. The minimum absolute atomic E-state index is 0.386. The fourth-order valence-electron chi connectivity index (χ4n) is 1.77. The molecule has 0 saturated heterocycles. The van der Waals surface area contributed by atoms with E-state index in [0.717, 1.165) is 14.9 Å². The zero-order valence-electron chi connectivity index (χ0n) is 10.6. The van der Waals surface area contributed by atoms with Crippen molar-refractivity contribution < 1.29 is 0 Å². The molecule has 12 heteroatoms. The quantitative estimate of drug-likeness (QED) is 0.478. The minimum atomic E-state index is 0.386. The van der Waals surface area contributed by atoms with Crippen molar-refractivity contribution in [2.75, 3.05) is 6.26 Å². The topological polar surface area (TPSA) is 120 Å². The maximum atomic E-state index is 4.47. The Morgan fingerprint density at radius 2 is 2.14 bits per heavy atom. The van der Waals surface area contributed by atoms with Gasteiger partial charge in [0, 0.05) is 0 Å². The van der Waals surface area contributed by atoms with Crippen LogP contribution in [-0.4, -0.2) is 56.7 Å². The molecule has 10 nitrogen and oxygen atoms in total. The third-order valence-corrected chi connectivity index (χ3v) is 4.59. The first-order chi connectivity index (χ1) is 10.3. The summed E-state index contributed by atoms with van der Waals surface area (Å²) in [7, 11) is 0. The van der Waals surface area contributed by atoms with Gasteiger partial charge in [-0.05, 0) is 21.9 Å². The Kier molecular flexibility index (Phi) is 2.89. The largest absolute Gasteiger partial charge is 0.273 e. The zero-order valence-corrected chi connectivity index (χ0v) is 12.2. The van der Waals surface area contributed by atoms with Gasteiger partial charge in [-0.1, -0.05) is 28.2 Å². The highest BCUT2D eigenvalue weighted by molar-refractivity contribution is 8.00. The van der Waals surface area contributed by atoms with E-state index >= 15 is 0 Å². The predicted molar refractivity (Wildman–Crippen MR) is 74.0 cm³/mol. The van der Waals surface area contributed by atoms with E-state index in [1.807, 2.05) is 6.26 Å². The van der Waals surface area contributed by atoms with Gasteiger partial charge >= 0.3 is 0 Å². The third-order valence-electron chi connectivity index (χ3n) is 2.67. The van der Waals surface area contributed by atoms with Crippen LogP contribution in [-0.2, 0) is 6.42 Å². The van der Waals surface area contributed by atoms with Crippen LogP contribution in [0.1, 0.15) is 11.5 Å². The van der Waals surface area contributed by atoms with Crippen molar-refractivity contribution in [3.63, 3.8) is 0 Å². The van der Waals surface area contributed by atoms with Gasteiger partial charge in [0.15, 0.2) is 15.0 Å². The van der Waals surface area contributed by atoms with Gasteiger partial charge in [-0.2, -0.15) is 4.52 Å². The van der Waals surface area contributed by atoms with Gasteiger partial charge in [0.2, 0.25) is 5.65 Å². The molecule has 0 amide bonds. The molecule has 0 atom stereocenters. The summed E-state index contributed by atoms with van der Waals surface area (Å²) in [6, 6.07) is 0. The number of imidazole rings is 1. The van der Waals surface area contributed by atoms with Crippen LogP contribution in [0, 0.1) is 0 Å². The van der Waals surface area contributed by atoms with E-state index in [1.165, 1.54) is 15.9 Å². The lowest BCUT2D eigenvalue weighted by Gasteiger charge is -1.97. The summed E-state index contributed by atoms with van der Waals surface area (Å²) in [5.74, 6) is 0.954. The van der Waals surface area contributed by atoms with Crippen molar-refractivity contribution in [3.05, 3.63) is 17.7 Å². The van der Waals surface area contributed by atoms with Crippen LogP contribution >= 0.6 is 23.1 Å². The van der Waals surface area contributed by atoms with Crippen LogP contribution in [0.15, 0.2) is 10.5 Å². The van der Waals surface area contributed by atoms with Crippen LogP contribution in [0.3, 0.4) is 0 Å². The zero-order chi connectivity index (χ0) is 14.2. The number of nitrogens with zero attached hydrogens (tertiary/aromatic N) is 10. The van der Waals surface area contributed by atoms with E-state index in [-0.39, 0.29) is 0 Å². The molecule has 4 aromatic heterocycles. The average Bonchev–Trinajstić information content (AvgIpc) is 3.11. The van der Waals surface area contributed by atoms with Crippen LogP contribution in [0.2, 0.25) is 0 Å². The fraction of sp³-hybridized carbons (Fsp3) is 0.222. The molecule has 0 fully saturated rings. The summed E-state index contributed by atoms with van der Waals surface area (Å²) < 4.78 is 2.42. The molecule has 0 radical (unpaired) electrons. The molecule has 0 bridgehead atoms. The Labute approximate surface area is 125 Å². The van der Waals surface area contributed by atoms with Crippen molar-refractivity contribution >= 4 is 39.4 Å². The molecule has 21 heavy (non-hydrogen) atoms. The van der Waals surface area contributed by atoms with Gasteiger partial charge in [0.1, 0.15) is 0 Å². The van der Waals surface area contributed by atoms with Crippen LogP contribution in [0.5, 0.6) is 0 Å². The molecule has 0 aliphatic rings. The van der Waals surface area contributed by atoms with E-state index in [2.05, 4.69) is 45.9 Å². The van der Waals surface area contributed by atoms with Crippen molar-refractivity contribution in [1.29, 1.82) is 0 Å². The second-order valence-corrected chi connectivity index (χ2v) is 5.98. The van der Waals surface area contributed by atoms with Crippen LogP contribution < -0.4 is 0 Å². The number of hydrogen-bond acceptors (Lipinski definition) is 11. The fourth-order valence-corrected chi connectivity index (χ4v) is 3.14. The third kappa shape index (κ3) is 2.17. The lowest BCUT2D eigenvalue weighted by Crippen LogP contribution is -2.06. The predicted octanol–water partition coefficient (Wildman–Crippen LogP) is 0.0217. The number of hydrogen-bond donors (Lipinski definition) is 0. The summed E-state index contributed by atoms with van der Waals surface area (Å²) >= 11 is 3.05. The number of thiazole rings is 1. The lowest BCUT2D eigenvalue weighted by atomic mass is 10.3. The Bertz CT molecular complexity index is 930. The molecule has 0 spiro atoms. The summed E-state index contributed by atoms with van der Waals surface area (Å²) in [5, 5.41) is 22.7. The van der Waals surface area contributed by atoms with Gasteiger partial charge in [-0.25, -0.2) is 15.0 Å². The molecule has 0 aromatic carbocycles. The standard InChI is InChI=1S/C9H6N10S2/c1-20-9-12-6-7(21-9)11-5(13-14-6)2-4-3-10-8-15-16-17-18-19(4)8/h3H,2H2,1H3. The van der Waals surface area contributed by atoms with Crippen LogP contribution in [0.4, 0.5) is 0 Å². The highest BCUT2D eigenvalue weighted by atomic mass is 32.2. The Hall–Kier alpha value is -2.34.